The maximum atomic E-state index is 12.3. The van der Waals surface area contributed by atoms with Crippen molar-refractivity contribution >= 4 is 16.9 Å². The minimum Gasteiger partial charge on any atom is -0.350 e. The van der Waals surface area contributed by atoms with Crippen molar-refractivity contribution in [1.29, 1.82) is 0 Å². The molecule has 3 saturated heterocycles. The van der Waals surface area contributed by atoms with Crippen LogP contribution in [0.3, 0.4) is 0 Å². The number of nitrogens with one attached hydrogen (secondary N) is 1. The highest BCUT2D eigenvalue weighted by molar-refractivity contribution is 5.79. The maximum absolute atomic E-state index is 12.3. The van der Waals surface area contributed by atoms with Crippen LogP contribution in [-0.2, 0) is 11.3 Å². The van der Waals surface area contributed by atoms with E-state index in [0.717, 1.165) is 17.6 Å². The fourth-order valence-electron chi connectivity index (χ4n) is 3.55. The molecule has 3 fully saturated rings. The summed E-state index contributed by atoms with van der Waals surface area (Å²) in [6, 6.07) is 8.01. The Labute approximate surface area is 123 Å². The summed E-state index contributed by atoms with van der Waals surface area (Å²) in [7, 11) is 0. The lowest BCUT2D eigenvalue weighted by molar-refractivity contribution is -0.123. The molecule has 1 atom stereocenters. The Balaban J connectivity index is 1.44. The van der Waals surface area contributed by atoms with E-state index >= 15 is 0 Å². The first-order valence-electron chi connectivity index (χ1n) is 7.59. The number of amides is 1. The standard InChI is InChI=1S/C15H19N5O/c21-15(16-13-9-19-7-5-11(13)6-8-19)10-20-14-4-2-1-3-12(14)17-18-20/h1-4,11,13H,5-10H2,(H,16,21). The minimum atomic E-state index is 0.0319. The normalized spacial score (nSPS) is 27.9. The molecule has 4 heterocycles. The van der Waals surface area contributed by atoms with Crippen LogP contribution in [0.4, 0.5) is 0 Å². The van der Waals surface area contributed by atoms with Crippen molar-refractivity contribution < 1.29 is 4.79 Å². The third-order valence-corrected chi connectivity index (χ3v) is 4.72. The average Bonchev–Trinajstić information content (AvgIpc) is 2.92. The first kappa shape index (κ1) is 12.8. The molecular weight excluding hydrogens is 266 g/mol. The van der Waals surface area contributed by atoms with Crippen LogP contribution in [0.1, 0.15) is 12.8 Å². The monoisotopic (exact) mass is 285 g/mol. The number of nitrogens with zero attached hydrogens (tertiary/aromatic N) is 4. The van der Waals surface area contributed by atoms with Crippen LogP contribution in [-0.4, -0.2) is 51.5 Å². The number of benzene rings is 1. The van der Waals surface area contributed by atoms with Crippen LogP contribution in [0, 0.1) is 5.92 Å². The highest BCUT2D eigenvalue weighted by Gasteiger charge is 2.34. The SMILES string of the molecule is O=C(Cn1nnc2ccccc21)NC1CN2CCC1CC2. The molecule has 0 aliphatic carbocycles. The van der Waals surface area contributed by atoms with Crippen LogP contribution in [0.2, 0.25) is 0 Å². The smallest absolute Gasteiger partial charge is 0.242 e. The first-order valence-corrected chi connectivity index (χ1v) is 7.59. The van der Waals surface area contributed by atoms with Crippen molar-refractivity contribution in [1.82, 2.24) is 25.2 Å². The van der Waals surface area contributed by atoms with Gasteiger partial charge >= 0.3 is 0 Å². The molecule has 2 aromatic rings. The van der Waals surface area contributed by atoms with E-state index < -0.39 is 0 Å². The molecule has 5 rings (SSSR count). The summed E-state index contributed by atoms with van der Waals surface area (Å²) >= 11 is 0. The van der Waals surface area contributed by atoms with E-state index in [0.29, 0.717) is 12.0 Å². The number of rotatable bonds is 3. The molecule has 0 radical (unpaired) electrons. The summed E-state index contributed by atoms with van der Waals surface area (Å²) in [5.41, 5.74) is 1.73. The molecule has 0 spiro atoms. The van der Waals surface area contributed by atoms with Gasteiger partial charge in [-0.15, -0.1) is 5.10 Å². The highest BCUT2D eigenvalue weighted by atomic mass is 16.2. The van der Waals surface area contributed by atoms with Gasteiger partial charge in [0.2, 0.25) is 5.91 Å². The molecule has 21 heavy (non-hydrogen) atoms. The number of hydrogen-bond donors (Lipinski definition) is 1. The summed E-state index contributed by atoms with van der Waals surface area (Å²) in [6.07, 6.45) is 2.41. The molecular formula is C15H19N5O. The summed E-state index contributed by atoms with van der Waals surface area (Å²) in [5, 5.41) is 11.3. The van der Waals surface area contributed by atoms with Crippen LogP contribution >= 0.6 is 0 Å². The second-order valence-electron chi connectivity index (χ2n) is 6.05. The molecule has 6 heteroatoms. The van der Waals surface area contributed by atoms with Crippen LogP contribution < -0.4 is 5.32 Å². The Hall–Kier alpha value is -1.95. The molecule has 1 aromatic heterocycles. The van der Waals surface area contributed by atoms with Gasteiger partial charge in [0, 0.05) is 12.6 Å². The predicted octanol–water partition coefficient (Wildman–Crippen LogP) is 0.642. The molecule has 1 amide bonds. The van der Waals surface area contributed by atoms with Crippen molar-refractivity contribution in [2.24, 2.45) is 5.92 Å². The van der Waals surface area contributed by atoms with Gasteiger partial charge in [-0.25, -0.2) is 4.68 Å². The predicted molar refractivity (Wildman–Crippen MR) is 78.6 cm³/mol. The molecule has 6 nitrogen and oxygen atoms in total. The zero-order chi connectivity index (χ0) is 14.2. The van der Waals surface area contributed by atoms with E-state index in [9.17, 15) is 4.79 Å². The van der Waals surface area contributed by atoms with Gasteiger partial charge in [0.15, 0.2) is 0 Å². The van der Waals surface area contributed by atoms with Gasteiger partial charge in [0.1, 0.15) is 12.1 Å². The van der Waals surface area contributed by atoms with Crippen molar-refractivity contribution in [3.63, 3.8) is 0 Å². The van der Waals surface area contributed by atoms with Gasteiger partial charge in [0.25, 0.3) is 0 Å². The van der Waals surface area contributed by atoms with Gasteiger partial charge < -0.3 is 10.2 Å². The van der Waals surface area contributed by atoms with Gasteiger partial charge in [-0.05, 0) is 44.0 Å². The van der Waals surface area contributed by atoms with Gasteiger partial charge in [-0.1, -0.05) is 17.3 Å². The zero-order valence-electron chi connectivity index (χ0n) is 11.9. The molecule has 0 saturated carbocycles. The maximum Gasteiger partial charge on any atom is 0.242 e. The summed E-state index contributed by atoms with van der Waals surface area (Å²) in [6.45, 7) is 3.60. The largest absolute Gasteiger partial charge is 0.350 e. The van der Waals surface area contributed by atoms with Gasteiger partial charge in [-0.3, -0.25) is 4.79 Å². The highest BCUT2D eigenvalue weighted by Crippen LogP contribution is 2.27. The lowest BCUT2D eigenvalue weighted by Crippen LogP contribution is -2.57. The van der Waals surface area contributed by atoms with Gasteiger partial charge in [0.05, 0.1) is 5.52 Å². The van der Waals surface area contributed by atoms with Gasteiger partial charge in [-0.2, -0.15) is 0 Å². The number of piperidine rings is 3. The fraction of sp³-hybridized carbons (Fsp3) is 0.533. The third-order valence-electron chi connectivity index (χ3n) is 4.72. The fourth-order valence-corrected chi connectivity index (χ4v) is 3.55. The van der Waals surface area contributed by atoms with Crippen LogP contribution in [0.15, 0.2) is 24.3 Å². The molecule has 110 valence electrons. The number of para-hydroxylation sites is 1. The van der Waals surface area contributed by atoms with E-state index in [-0.39, 0.29) is 12.5 Å². The van der Waals surface area contributed by atoms with E-state index in [2.05, 4.69) is 20.5 Å². The number of carbonyl (C=O) groups is 1. The molecule has 1 aromatic carbocycles. The number of fused-ring (bicyclic) bond motifs is 4. The minimum absolute atomic E-state index is 0.0319. The van der Waals surface area contributed by atoms with E-state index in [1.807, 2.05) is 24.3 Å². The Morgan fingerprint density at radius 1 is 1.29 bits per heavy atom. The molecule has 3 aliphatic rings. The molecule has 3 aliphatic heterocycles. The number of hydrogen-bond acceptors (Lipinski definition) is 4. The lowest BCUT2D eigenvalue weighted by atomic mass is 9.84. The van der Waals surface area contributed by atoms with Crippen molar-refractivity contribution in [2.75, 3.05) is 19.6 Å². The second kappa shape index (κ2) is 5.11. The lowest BCUT2D eigenvalue weighted by Gasteiger charge is -2.44. The number of aromatic nitrogens is 3. The van der Waals surface area contributed by atoms with E-state index in [1.54, 1.807) is 4.68 Å². The summed E-state index contributed by atoms with van der Waals surface area (Å²) < 4.78 is 1.67. The van der Waals surface area contributed by atoms with Crippen molar-refractivity contribution in [2.45, 2.75) is 25.4 Å². The quantitative estimate of drug-likeness (QED) is 0.899. The van der Waals surface area contributed by atoms with E-state index in [4.69, 9.17) is 0 Å². The number of carbonyl (C=O) groups excluding carboxylic acids is 1. The zero-order valence-corrected chi connectivity index (χ0v) is 11.9. The Morgan fingerprint density at radius 2 is 2.10 bits per heavy atom. The van der Waals surface area contributed by atoms with Crippen LogP contribution in [0.25, 0.3) is 11.0 Å². The summed E-state index contributed by atoms with van der Waals surface area (Å²) in [5.74, 6) is 0.677. The Bertz CT molecular complexity index is 659. The molecule has 1 N–H and O–H groups in total. The topological polar surface area (TPSA) is 63.1 Å². The molecule has 1 unspecified atom stereocenters. The van der Waals surface area contributed by atoms with Crippen molar-refractivity contribution in [3.8, 4) is 0 Å². The Morgan fingerprint density at radius 3 is 2.86 bits per heavy atom. The second-order valence-corrected chi connectivity index (χ2v) is 6.05. The molecule has 2 bridgehead atoms. The van der Waals surface area contributed by atoms with Crippen LogP contribution in [0.5, 0.6) is 0 Å². The first-order chi connectivity index (χ1) is 10.3. The Kier molecular flexibility index (Phi) is 3.11. The average molecular weight is 285 g/mol. The van der Waals surface area contributed by atoms with Crippen molar-refractivity contribution in [3.05, 3.63) is 24.3 Å². The third kappa shape index (κ3) is 2.40. The summed E-state index contributed by atoms with van der Waals surface area (Å²) in [4.78, 5) is 14.7. The van der Waals surface area contributed by atoms with E-state index in [1.165, 1.54) is 25.9 Å².